The lowest BCUT2D eigenvalue weighted by molar-refractivity contribution is -0.116. The van der Waals surface area contributed by atoms with Gasteiger partial charge in [0.25, 0.3) is 0 Å². The van der Waals surface area contributed by atoms with Crippen molar-refractivity contribution in [2.24, 2.45) is 5.92 Å². The minimum absolute atomic E-state index is 0.0605. The molecular weight excluding hydrogens is 319 g/mol. The molecule has 1 heterocycles. The van der Waals surface area contributed by atoms with Crippen LogP contribution in [0, 0.1) is 5.92 Å². The summed E-state index contributed by atoms with van der Waals surface area (Å²) < 4.78 is 0. The maximum absolute atomic E-state index is 12.0. The van der Waals surface area contributed by atoms with Gasteiger partial charge in [-0.05, 0) is 50.4 Å². The van der Waals surface area contributed by atoms with Crippen molar-refractivity contribution in [1.29, 1.82) is 0 Å². The highest BCUT2D eigenvalue weighted by molar-refractivity contribution is 6.42. The Hall–Kier alpha value is -0.480. The fourth-order valence-corrected chi connectivity index (χ4v) is 3.28. The van der Waals surface area contributed by atoms with Crippen LogP contribution >= 0.6 is 34.8 Å². The molecule has 2 N–H and O–H groups in total. The third-order valence-electron chi connectivity index (χ3n) is 3.51. The number of rotatable bonds is 4. The van der Waals surface area contributed by atoms with Crippen molar-refractivity contribution in [1.82, 2.24) is 5.32 Å². The predicted molar refractivity (Wildman–Crippen MR) is 84.9 cm³/mol. The fourth-order valence-electron chi connectivity index (χ4n) is 2.37. The lowest BCUT2D eigenvalue weighted by Gasteiger charge is -2.22. The number of carbonyl (C=O) groups is 1. The molecule has 0 unspecified atom stereocenters. The van der Waals surface area contributed by atoms with Crippen molar-refractivity contribution >= 4 is 46.4 Å². The molecule has 0 bridgehead atoms. The Kier molecular flexibility index (Phi) is 5.97. The van der Waals surface area contributed by atoms with Crippen molar-refractivity contribution in [3.05, 3.63) is 27.2 Å². The van der Waals surface area contributed by atoms with Gasteiger partial charge in [-0.25, -0.2) is 0 Å². The van der Waals surface area contributed by atoms with Gasteiger partial charge in [0.15, 0.2) is 0 Å². The number of hydrogen-bond donors (Lipinski definition) is 2. The van der Waals surface area contributed by atoms with E-state index in [0.29, 0.717) is 33.1 Å². The molecule has 0 spiro atoms. The summed E-state index contributed by atoms with van der Waals surface area (Å²) in [4.78, 5) is 12.0. The van der Waals surface area contributed by atoms with E-state index in [1.165, 1.54) is 0 Å². The average Bonchev–Trinajstić information content (AvgIpc) is 2.42. The zero-order valence-corrected chi connectivity index (χ0v) is 13.3. The van der Waals surface area contributed by atoms with Crippen molar-refractivity contribution in [3.63, 3.8) is 0 Å². The SMILES string of the molecule is O=C(CCC1CCNCC1)Nc1c(Cl)cc(Cl)cc1Cl. The first kappa shape index (κ1) is 15.9. The Labute approximate surface area is 134 Å². The van der Waals surface area contributed by atoms with Crippen LogP contribution in [0.25, 0.3) is 0 Å². The fraction of sp³-hybridized carbons (Fsp3) is 0.500. The van der Waals surface area contributed by atoms with Gasteiger partial charge in [0.1, 0.15) is 0 Å². The van der Waals surface area contributed by atoms with Gasteiger partial charge in [0, 0.05) is 11.4 Å². The van der Waals surface area contributed by atoms with Gasteiger partial charge in [-0.3, -0.25) is 4.79 Å². The summed E-state index contributed by atoms with van der Waals surface area (Å²) in [5.41, 5.74) is 0.438. The average molecular weight is 336 g/mol. The summed E-state index contributed by atoms with van der Waals surface area (Å²) in [6.45, 7) is 2.09. The number of amides is 1. The standard InChI is InChI=1S/C14H17Cl3N2O/c15-10-7-11(16)14(12(17)8-10)19-13(20)2-1-9-3-5-18-6-4-9/h7-9,18H,1-6H2,(H,19,20). The van der Waals surface area contributed by atoms with E-state index in [1.54, 1.807) is 12.1 Å². The number of piperidine rings is 1. The summed E-state index contributed by atoms with van der Waals surface area (Å²) in [5, 5.41) is 7.25. The molecule has 1 aliphatic rings. The number of benzene rings is 1. The highest BCUT2D eigenvalue weighted by Crippen LogP contribution is 2.33. The van der Waals surface area contributed by atoms with Crippen molar-refractivity contribution in [3.8, 4) is 0 Å². The molecule has 2 rings (SSSR count). The van der Waals surface area contributed by atoms with E-state index in [4.69, 9.17) is 34.8 Å². The van der Waals surface area contributed by atoms with E-state index in [9.17, 15) is 4.79 Å². The Bertz CT molecular complexity index is 464. The van der Waals surface area contributed by atoms with Crippen LogP contribution in [0.4, 0.5) is 5.69 Å². The number of halogens is 3. The molecule has 0 atom stereocenters. The Morgan fingerprint density at radius 2 is 1.80 bits per heavy atom. The normalized spacial score (nSPS) is 16.1. The molecule has 0 saturated carbocycles. The molecule has 1 aromatic rings. The number of nitrogens with one attached hydrogen (secondary N) is 2. The van der Waals surface area contributed by atoms with E-state index in [0.717, 1.165) is 32.4 Å². The molecule has 6 heteroatoms. The molecule has 1 fully saturated rings. The smallest absolute Gasteiger partial charge is 0.224 e. The largest absolute Gasteiger partial charge is 0.324 e. The Balaban J connectivity index is 1.88. The van der Waals surface area contributed by atoms with Crippen LogP contribution in [0.1, 0.15) is 25.7 Å². The number of hydrogen-bond acceptors (Lipinski definition) is 2. The van der Waals surface area contributed by atoms with Crippen LogP contribution in [0.15, 0.2) is 12.1 Å². The van der Waals surface area contributed by atoms with Gasteiger partial charge >= 0.3 is 0 Å². The van der Waals surface area contributed by atoms with Gasteiger partial charge in [-0.2, -0.15) is 0 Å². The van der Waals surface area contributed by atoms with E-state index in [2.05, 4.69) is 10.6 Å². The zero-order chi connectivity index (χ0) is 14.5. The maximum Gasteiger partial charge on any atom is 0.224 e. The summed E-state index contributed by atoms with van der Waals surface area (Å²) in [7, 11) is 0. The van der Waals surface area contributed by atoms with Crippen molar-refractivity contribution < 1.29 is 4.79 Å². The molecule has 1 amide bonds. The molecule has 0 aliphatic carbocycles. The lowest BCUT2D eigenvalue weighted by atomic mass is 9.93. The maximum atomic E-state index is 12.0. The van der Waals surface area contributed by atoms with Crippen molar-refractivity contribution in [2.75, 3.05) is 18.4 Å². The van der Waals surface area contributed by atoms with Gasteiger partial charge in [-0.15, -0.1) is 0 Å². The first-order chi connectivity index (χ1) is 9.56. The monoisotopic (exact) mass is 334 g/mol. The van der Waals surface area contributed by atoms with Crippen LogP contribution < -0.4 is 10.6 Å². The molecule has 1 aromatic carbocycles. The molecule has 0 radical (unpaired) electrons. The van der Waals surface area contributed by atoms with E-state index in [1.807, 2.05) is 0 Å². The zero-order valence-electron chi connectivity index (χ0n) is 11.0. The second kappa shape index (κ2) is 7.51. The van der Waals surface area contributed by atoms with Gasteiger partial charge in [0.05, 0.1) is 15.7 Å². The van der Waals surface area contributed by atoms with E-state index >= 15 is 0 Å². The minimum Gasteiger partial charge on any atom is -0.324 e. The van der Waals surface area contributed by atoms with Gasteiger partial charge in [-0.1, -0.05) is 34.8 Å². The third kappa shape index (κ3) is 4.52. The van der Waals surface area contributed by atoms with Crippen LogP contribution in [-0.4, -0.2) is 19.0 Å². The second-order valence-electron chi connectivity index (χ2n) is 5.02. The molecule has 1 aliphatic heterocycles. The Morgan fingerprint density at radius 3 is 2.40 bits per heavy atom. The Morgan fingerprint density at radius 1 is 1.20 bits per heavy atom. The number of anilines is 1. The van der Waals surface area contributed by atoms with Crippen LogP contribution in [-0.2, 0) is 4.79 Å². The van der Waals surface area contributed by atoms with Crippen LogP contribution in [0.2, 0.25) is 15.1 Å². The summed E-state index contributed by atoms with van der Waals surface area (Å²) in [6, 6.07) is 3.13. The third-order valence-corrected chi connectivity index (χ3v) is 4.32. The van der Waals surface area contributed by atoms with E-state index < -0.39 is 0 Å². The molecule has 0 aromatic heterocycles. The van der Waals surface area contributed by atoms with Crippen LogP contribution in [0.5, 0.6) is 0 Å². The second-order valence-corrected chi connectivity index (χ2v) is 6.28. The van der Waals surface area contributed by atoms with E-state index in [-0.39, 0.29) is 5.91 Å². The van der Waals surface area contributed by atoms with Gasteiger partial charge in [0.2, 0.25) is 5.91 Å². The molecule has 3 nitrogen and oxygen atoms in total. The molecular formula is C14H17Cl3N2O. The molecule has 20 heavy (non-hydrogen) atoms. The topological polar surface area (TPSA) is 41.1 Å². The predicted octanol–water partition coefficient (Wildman–Crippen LogP) is 4.37. The first-order valence-corrected chi connectivity index (χ1v) is 7.85. The summed E-state index contributed by atoms with van der Waals surface area (Å²) in [6.07, 6.45) is 3.65. The van der Waals surface area contributed by atoms with Crippen molar-refractivity contribution in [2.45, 2.75) is 25.7 Å². The molecule has 110 valence electrons. The first-order valence-electron chi connectivity index (χ1n) is 6.71. The quantitative estimate of drug-likeness (QED) is 0.858. The molecule has 1 saturated heterocycles. The minimum atomic E-state index is -0.0605. The summed E-state index contributed by atoms with van der Waals surface area (Å²) in [5.74, 6) is 0.563. The van der Waals surface area contributed by atoms with Gasteiger partial charge < -0.3 is 10.6 Å². The lowest BCUT2D eigenvalue weighted by Crippen LogP contribution is -2.28. The highest BCUT2D eigenvalue weighted by Gasteiger charge is 2.16. The van der Waals surface area contributed by atoms with Crippen LogP contribution in [0.3, 0.4) is 0 Å². The highest BCUT2D eigenvalue weighted by atomic mass is 35.5. The summed E-state index contributed by atoms with van der Waals surface area (Å²) >= 11 is 17.9. The number of carbonyl (C=O) groups excluding carboxylic acids is 1.